The van der Waals surface area contributed by atoms with Crippen molar-refractivity contribution in [2.45, 2.75) is 38.6 Å². The maximum absolute atomic E-state index is 8.58. The van der Waals surface area contributed by atoms with Crippen molar-refractivity contribution >= 4 is 6.41 Å². The van der Waals surface area contributed by atoms with Crippen molar-refractivity contribution in [1.29, 1.82) is 0 Å². The minimum atomic E-state index is 0.250. The van der Waals surface area contributed by atoms with Crippen LogP contribution < -0.4 is 5.73 Å². The van der Waals surface area contributed by atoms with Gasteiger partial charge in [0.2, 0.25) is 6.41 Å². The van der Waals surface area contributed by atoms with Gasteiger partial charge < -0.3 is 10.6 Å². The van der Waals surface area contributed by atoms with Gasteiger partial charge in [0, 0.05) is 5.54 Å². The molecular weight excluding hydrogens is 152 g/mol. The van der Waals surface area contributed by atoms with Crippen LogP contribution in [0.2, 0.25) is 0 Å². The number of piperidine rings is 1. The van der Waals surface area contributed by atoms with Gasteiger partial charge in [0.05, 0.1) is 0 Å². The zero-order valence-electron chi connectivity index (χ0n) is 8.34. The Labute approximate surface area is 74.9 Å². The topological polar surface area (TPSA) is 46.3 Å². The zero-order chi connectivity index (χ0) is 9.61. The highest BCUT2D eigenvalue weighted by Gasteiger charge is 2.25. The molecule has 72 valence electrons. The van der Waals surface area contributed by atoms with E-state index in [1.54, 1.807) is 0 Å². The van der Waals surface area contributed by atoms with Gasteiger partial charge in [-0.3, -0.25) is 4.79 Å². The molecular formula is C9H20N2O. The van der Waals surface area contributed by atoms with Gasteiger partial charge in [-0.05, 0) is 40.3 Å². The van der Waals surface area contributed by atoms with Crippen molar-refractivity contribution in [3.05, 3.63) is 0 Å². The van der Waals surface area contributed by atoms with Gasteiger partial charge in [-0.25, -0.2) is 0 Å². The SMILES string of the molecule is CN1CCCCC1(C)C.NC=O. The predicted molar refractivity (Wildman–Crippen MR) is 50.8 cm³/mol. The smallest absolute Gasteiger partial charge is 0.204 e. The fourth-order valence-corrected chi connectivity index (χ4v) is 1.40. The first-order chi connectivity index (χ1) is 5.54. The Morgan fingerprint density at radius 1 is 1.42 bits per heavy atom. The van der Waals surface area contributed by atoms with E-state index >= 15 is 0 Å². The first-order valence-electron chi connectivity index (χ1n) is 4.41. The number of nitrogens with zero attached hydrogens (tertiary/aromatic N) is 1. The van der Waals surface area contributed by atoms with Crippen LogP contribution in [-0.4, -0.2) is 30.4 Å². The molecule has 0 aliphatic carbocycles. The Balaban J connectivity index is 0.000000354. The lowest BCUT2D eigenvalue weighted by atomic mass is 9.91. The Morgan fingerprint density at radius 3 is 2.17 bits per heavy atom. The number of carbonyl (C=O) groups is 1. The standard InChI is InChI=1S/C8H17N.CH3NO/c1-8(2)6-4-5-7-9(8)3;2-1-3/h4-7H2,1-3H3;1H,(H2,2,3). The lowest BCUT2D eigenvalue weighted by molar-refractivity contribution is -0.106. The van der Waals surface area contributed by atoms with Crippen LogP contribution in [0.3, 0.4) is 0 Å². The van der Waals surface area contributed by atoms with Gasteiger partial charge in [-0.1, -0.05) is 6.42 Å². The van der Waals surface area contributed by atoms with Crippen molar-refractivity contribution in [2.24, 2.45) is 5.73 Å². The lowest BCUT2D eigenvalue weighted by Gasteiger charge is -2.39. The summed E-state index contributed by atoms with van der Waals surface area (Å²) in [6.45, 7) is 5.94. The van der Waals surface area contributed by atoms with Crippen molar-refractivity contribution in [1.82, 2.24) is 4.90 Å². The van der Waals surface area contributed by atoms with Gasteiger partial charge in [-0.2, -0.15) is 0 Å². The monoisotopic (exact) mass is 172 g/mol. The fourth-order valence-electron chi connectivity index (χ4n) is 1.40. The highest BCUT2D eigenvalue weighted by molar-refractivity contribution is 5.42. The average Bonchev–Trinajstić information content (AvgIpc) is 1.97. The second kappa shape index (κ2) is 5.14. The summed E-state index contributed by atoms with van der Waals surface area (Å²) in [5.41, 5.74) is 4.64. The maximum atomic E-state index is 8.58. The third-order valence-electron chi connectivity index (χ3n) is 2.57. The lowest BCUT2D eigenvalue weighted by Crippen LogP contribution is -2.44. The second-order valence-electron chi connectivity index (χ2n) is 3.83. The third kappa shape index (κ3) is 3.72. The normalized spacial score (nSPS) is 22.2. The molecule has 0 radical (unpaired) electrons. The summed E-state index contributed by atoms with van der Waals surface area (Å²) >= 11 is 0. The van der Waals surface area contributed by atoms with Crippen molar-refractivity contribution in [3.8, 4) is 0 Å². The van der Waals surface area contributed by atoms with Gasteiger partial charge in [0.15, 0.2) is 0 Å². The summed E-state index contributed by atoms with van der Waals surface area (Å²) in [6, 6.07) is 0. The molecule has 0 bridgehead atoms. The van der Waals surface area contributed by atoms with E-state index < -0.39 is 0 Å². The van der Waals surface area contributed by atoms with Crippen LogP contribution in [0, 0.1) is 0 Å². The number of carbonyl (C=O) groups excluding carboxylic acids is 1. The van der Waals surface area contributed by atoms with Gasteiger partial charge >= 0.3 is 0 Å². The first kappa shape index (κ1) is 11.4. The number of rotatable bonds is 0. The van der Waals surface area contributed by atoms with Crippen molar-refractivity contribution in [3.63, 3.8) is 0 Å². The molecule has 1 aliphatic rings. The average molecular weight is 172 g/mol. The molecule has 0 aromatic carbocycles. The van der Waals surface area contributed by atoms with Crippen molar-refractivity contribution < 1.29 is 4.79 Å². The van der Waals surface area contributed by atoms with E-state index in [9.17, 15) is 0 Å². The highest BCUT2D eigenvalue weighted by atomic mass is 16.1. The van der Waals surface area contributed by atoms with E-state index in [1.165, 1.54) is 25.8 Å². The molecule has 0 saturated carbocycles. The largest absolute Gasteiger partial charge is 0.372 e. The molecule has 1 saturated heterocycles. The number of nitrogens with two attached hydrogens (primary N) is 1. The molecule has 1 rings (SSSR count). The van der Waals surface area contributed by atoms with Crippen molar-refractivity contribution in [2.75, 3.05) is 13.6 Å². The van der Waals surface area contributed by atoms with Gasteiger partial charge in [0.25, 0.3) is 0 Å². The Morgan fingerprint density at radius 2 is 1.92 bits per heavy atom. The summed E-state index contributed by atoms with van der Waals surface area (Å²) in [6.07, 6.45) is 4.42. The summed E-state index contributed by atoms with van der Waals surface area (Å²) in [7, 11) is 2.22. The Hall–Kier alpha value is -0.570. The molecule has 3 nitrogen and oxygen atoms in total. The molecule has 0 unspecified atom stereocenters. The quantitative estimate of drug-likeness (QED) is 0.554. The number of amides is 1. The maximum Gasteiger partial charge on any atom is 0.204 e. The number of likely N-dealkylation sites (tertiary alicyclic amines) is 1. The number of primary amides is 1. The molecule has 0 atom stereocenters. The van der Waals surface area contributed by atoms with E-state index in [4.69, 9.17) is 4.79 Å². The number of hydrogen-bond donors (Lipinski definition) is 1. The van der Waals surface area contributed by atoms with Crippen LogP contribution in [-0.2, 0) is 4.79 Å². The molecule has 2 N–H and O–H groups in total. The van der Waals surface area contributed by atoms with E-state index in [1.807, 2.05) is 0 Å². The van der Waals surface area contributed by atoms with E-state index in [-0.39, 0.29) is 6.41 Å². The van der Waals surface area contributed by atoms with Gasteiger partial charge in [-0.15, -0.1) is 0 Å². The summed E-state index contributed by atoms with van der Waals surface area (Å²) in [4.78, 5) is 11.0. The molecule has 1 fully saturated rings. The van der Waals surface area contributed by atoms with Crippen LogP contribution >= 0.6 is 0 Å². The second-order valence-corrected chi connectivity index (χ2v) is 3.83. The molecule has 0 aromatic heterocycles. The fraction of sp³-hybridized carbons (Fsp3) is 0.889. The first-order valence-corrected chi connectivity index (χ1v) is 4.41. The van der Waals surface area contributed by atoms with Crippen LogP contribution in [0.5, 0.6) is 0 Å². The van der Waals surface area contributed by atoms with E-state index in [0.717, 1.165) is 0 Å². The molecule has 1 aliphatic heterocycles. The minimum absolute atomic E-state index is 0.250. The summed E-state index contributed by atoms with van der Waals surface area (Å²) in [5, 5.41) is 0. The van der Waals surface area contributed by atoms with Crippen LogP contribution in [0.25, 0.3) is 0 Å². The highest BCUT2D eigenvalue weighted by Crippen LogP contribution is 2.24. The summed E-state index contributed by atoms with van der Waals surface area (Å²) < 4.78 is 0. The molecule has 3 heteroatoms. The molecule has 1 heterocycles. The minimum Gasteiger partial charge on any atom is -0.372 e. The molecule has 12 heavy (non-hydrogen) atoms. The molecule has 0 aromatic rings. The predicted octanol–water partition coefficient (Wildman–Crippen LogP) is 0.982. The van der Waals surface area contributed by atoms with Crippen LogP contribution in [0.15, 0.2) is 0 Å². The third-order valence-corrected chi connectivity index (χ3v) is 2.57. The van der Waals surface area contributed by atoms with Gasteiger partial charge in [0.1, 0.15) is 0 Å². The Bertz CT molecular complexity index is 134. The molecule has 0 spiro atoms. The Kier molecular flexibility index (Phi) is 4.90. The van der Waals surface area contributed by atoms with Crippen LogP contribution in [0.4, 0.5) is 0 Å². The summed E-state index contributed by atoms with van der Waals surface area (Å²) in [5.74, 6) is 0. The molecule has 1 amide bonds. The van der Waals surface area contributed by atoms with Crippen LogP contribution in [0.1, 0.15) is 33.1 Å². The van der Waals surface area contributed by atoms with E-state index in [0.29, 0.717) is 5.54 Å². The zero-order valence-corrected chi connectivity index (χ0v) is 8.34. The number of hydrogen-bond acceptors (Lipinski definition) is 2. The van der Waals surface area contributed by atoms with E-state index in [2.05, 4.69) is 31.5 Å².